The van der Waals surface area contributed by atoms with Gasteiger partial charge >= 0.3 is 11.9 Å². The highest BCUT2D eigenvalue weighted by Gasteiger charge is 2.59. The van der Waals surface area contributed by atoms with Gasteiger partial charge in [-0.25, -0.2) is 4.79 Å². The molecule has 4 aliphatic rings. The minimum Gasteiger partial charge on any atom is -0.481 e. The Morgan fingerprint density at radius 3 is 3.00 bits per heavy atom. The van der Waals surface area contributed by atoms with Crippen molar-refractivity contribution >= 4 is 11.9 Å². The fourth-order valence-corrected chi connectivity index (χ4v) is 4.19. The molecule has 6 nitrogen and oxygen atoms in total. The van der Waals surface area contributed by atoms with E-state index in [9.17, 15) is 9.59 Å². The minimum atomic E-state index is -0.773. The lowest BCUT2D eigenvalue weighted by molar-refractivity contribution is -0.148. The van der Waals surface area contributed by atoms with Crippen molar-refractivity contribution in [3.05, 3.63) is 23.8 Å². The second-order valence-electron chi connectivity index (χ2n) is 6.58. The smallest absolute Gasteiger partial charge is 0.332 e. The molecule has 0 radical (unpaired) electrons. The maximum absolute atomic E-state index is 11.5. The van der Waals surface area contributed by atoms with Crippen LogP contribution in [0, 0.1) is 0 Å². The van der Waals surface area contributed by atoms with Gasteiger partial charge in [-0.05, 0) is 32.4 Å². The van der Waals surface area contributed by atoms with Crippen LogP contribution in [0.5, 0.6) is 0 Å². The number of piperidine rings is 1. The van der Waals surface area contributed by atoms with Crippen LogP contribution in [-0.2, 0) is 14.3 Å². The second-order valence-corrected chi connectivity index (χ2v) is 6.58. The van der Waals surface area contributed by atoms with E-state index in [1.807, 2.05) is 0 Å². The van der Waals surface area contributed by atoms with Crippen LogP contribution in [0.3, 0.4) is 0 Å². The van der Waals surface area contributed by atoms with E-state index in [1.54, 1.807) is 6.08 Å². The Labute approximate surface area is 136 Å². The van der Waals surface area contributed by atoms with Crippen molar-refractivity contribution < 1.29 is 19.4 Å². The number of esters is 1. The van der Waals surface area contributed by atoms with E-state index in [1.165, 1.54) is 19.3 Å². The maximum atomic E-state index is 11.5. The number of aliphatic carboxylic acids is 1. The number of carboxylic acid groups (broad SMARTS) is 1. The lowest BCUT2D eigenvalue weighted by Gasteiger charge is -2.37. The Bertz CT molecular complexity index is 557. The molecule has 3 N–H and O–H groups in total. The molecule has 0 amide bonds. The summed E-state index contributed by atoms with van der Waals surface area (Å²) in [5, 5.41) is 7.99. The molecule has 3 aliphatic heterocycles. The van der Waals surface area contributed by atoms with Gasteiger partial charge in [0, 0.05) is 30.5 Å². The Kier molecular flexibility index (Phi) is 4.55. The summed E-state index contributed by atoms with van der Waals surface area (Å²) < 4.78 is 5.69. The first-order valence-corrected chi connectivity index (χ1v) is 8.38. The molecule has 2 fully saturated rings. The number of hydrogen-bond acceptors (Lipinski definition) is 5. The third-order valence-electron chi connectivity index (χ3n) is 5.16. The Morgan fingerprint density at radius 2 is 2.30 bits per heavy atom. The second kappa shape index (κ2) is 6.45. The quantitative estimate of drug-likeness (QED) is 0.760. The van der Waals surface area contributed by atoms with Gasteiger partial charge in [-0.15, -0.1) is 0 Å². The normalized spacial score (nSPS) is 34.0. The third-order valence-corrected chi connectivity index (χ3v) is 5.16. The van der Waals surface area contributed by atoms with Crippen LogP contribution in [0.25, 0.3) is 0 Å². The number of rotatable bonds is 3. The zero-order valence-electron chi connectivity index (χ0n) is 13.2. The van der Waals surface area contributed by atoms with E-state index in [0.717, 1.165) is 18.5 Å². The highest BCUT2D eigenvalue weighted by molar-refractivity contribution is 5.88. The van der Waals surface area contributed by atoms with Crippen molar-refractivity contribution in [1.82, 2.24) is 4.90 Å². The average molecular weight is 320 g/mol. The summed E-state index contributed by atoms with van der Waals surface area (Å²) in [6.45, 7) is 1.62. The highest BCUT2D eigenvalue weighted by atomic mass is 16.6. The van der Waals surface area contributed by atoms with E-state index in [0.29, 0.717) is 25.0 Å². The average Bonchev–Trinajstić information content (AvgIpc) is 3.01. The largest absolute Gasteiger partial charge is 0.481 e. The first-order valence-electron chi connectivity index (χ1n) is 8.38. The van der Waals surface area contributed by atoms with E-state index in [-0.39, 0.29) is 18.0 Å². The summed E-state index contributed by atoms with van der Waals surface area (Å²) in [5.74, 6) is -0.918. The van der Waals surface area contributed by atoms with Crippen LogP contribution in [-0.4, -0.2) is 52.7 Å². The summed E-state index contributed by atoms with van der Waals surface area (Å²) in [6.07, 6.45) is 11.5. The van der Waals surface area contributed by atoms with Crippen LogP contribution in [0.2, 0.25) is 0 Å². The van der Waals surface area contributed by atoms with Gasteiger partial charge in [-0.3, -0.25) is 9.69 Å². The zero-order chi connectivity index (χ0) is 16.4. The van der Waals surface area contributed by atoms with Crippen molar-refractivity contribution in [1.29, 1.82) is 0 Å². The van der Waals surface area contributed by atoms with Gasteiger partial charge in [0.05, 0.1) is 6.04 Å². The lowest BCUT2D eigenvalue weighted by atomic mass is 9.80. The minimum absolute atomic E-state index is 0.146. The Morgan fingerprint density at radius 1 is 1.48 bits per heavy atom. The molecular formula is C17H24N2O4. The van der Waals surface area contributed by atoms with E-state index in [2.05, 4.69) is 17.1 Å². The van der Waals surface area contributed by atoms with Gasteiger partial charge in [0.15, 0.2) is 5.60 Å². The number of hydrogen-bond donors (Lipinski definition) is 2. The molecule has 126 valence electrons. The molecule has 6 heteroatoms. The molecule has 0 saturated carbocycles. The monoisotopic (exact) mass is 320 g/mol. The molecule has 0 aromatic rings. The fraction of sp³-hybridized carbons (Fsp3) is 0.647. The summed E-state index contributed by atoms with van der Waals surface area (Å²) in [7, 11) is 0. The fourth-order valence-electron chi connectivity index (χ4n) is 4.19. The third kappa shape index (κ3) is 2.93. The van der Waals surface area contributed by atoms with Crippen LogP contribution < -0.4 is 5.73 Å². The number of ether oxygens (including phenoxy) is 1. The van der Waals surface area contributed by atoms with Crippen molar-refractivity contribution in [2.45, 2.75) is 56.2 Å². The SMILES string of the molecule is NCCCC(=O)O.O=C1C=C2C=C[C@@H]3C[C@@]2(O1)[C@H]1CCCCN31. The first kappa shape index (κ1) is 16.2. The molecule has 3 atom stereocenters. The summed E-state index contributed by atoms with van der Waals surface area (Å²) in [6, 6.07) is 0.923. The number of nitrogens with zero attached hydrogens (tertiary/aromatic N) is 1. The molecule has 2 bridgehead atoms. The Hall–Kier alpha value is -1.66. The van der Waals surface area contributed by atoms with Gasteiger partial charge < -0.3 is 15.6 Å². The number of fused-ring (bicyclic) bond motifs is 3. The molecule has 0 unspecified atom stereocenters. The summed E-state index contributed by atoms with van der Waals surface area (Å²) >= 11 is 0. The predicted octanol–water partition coefficient (Wildman–Crippen LogP) is 1.21. The maximum Gasteiger partial charge on any atom is 0.332 e. The zero-order valence-corrected chi connectivity index (χ0v) is 13.2. The highest BCUT2D eigenvalue weighted by Crippen LogP contribution is 2.51. The molecule has 1 aliphatic carbocycles. The first-order chi connectivity index (χ1) is 11.1. The van der Waals surface area contributed by atoms with Crippen molar-refractivity contribution in [3.63, 3.8) is 0 Å². The van der Waals surface area contributed by atoms with E-state index >= 15 is 0 Å². The predicted molar refractivity (Wildman–Crippen MR) is 84.7 cm³/mol. The molecule has 3 heterocycles. The molecular weight excluding hydrogens is 296 g/mol. The van der Waals surface area contributed by atoms with E-state index < -0.39 is 5.97 Å². The molecule has 1 spiro atoms. The number of nitrogens with two attached hydrogens (primary N) is 1. The van der Waals surface area contributed by atoms with Crippen LogP contribution in [0.1, 0.15) is 38.5 Å². The number of carboxylic acids is 1. The van der Waals surface area contributed by atoms with Gasteiger partial charge in [-0.2, -0.15) is 0 Å². The lowest BCUT2D eigenvalue weighted by Crippen LogP contribution is -2.48. The number of carbonyl (C=O) groups excluding carboxylic acids is 1. The van der Waals surface area contributed by atoms with Gasteiger partial charge in [-0.1, -0.05) is 18.6 Å². The van der Waals surface area contributed by atoms with Gasteiger partial charge in [0.2, 0.25) is 0 Å². The Balaban J connectivity index is 0.000000193. The summed E-state index contributed by atoms with van der Waals surface area (Å²) in [4.78, 5) is 23.8. The molecule has 0 aromatic carbocycles. The molecule has 4 rings (SSSR count). The standard InChI is InChI=1S/C13H15NO2.C4H9NO2/c15-12-7-9-4-5-10-8-13(9,16-12)11-3-1-2-6-14(10)11;5-3-1-2-4(6)7/h4-5,7,10-11H,1-3,6,8H2;1-3,5H2,(H,6,7)/t10-,11-,13+;/m1./s1. The topological polar surface area (TPSA) is 92.9 Å². The molecule has 2 saturated heterocycles. The summed E-state index contributed by atoms with van der Waals surface area (Å²) in [5.41, 5.74) is 5.85. The van der Waals surface area contributed by atoms with Crippen molar-refractivity contribution in [2.75, 3.05) is 13.1 Å². The van der Waals surface area contributed by atoms with Crippen molar-refractivity contribution in [3.8, 4) is 0 Å². The molecule has 23 heavy (non-hydrogen) atoms. The van der Waals surface area contributed by atoms with Crippen molar-refractivity contribution in [2.24, 2.45) is 5.73 Å². The van der Waals surface area contributed by atoms with Gasteiger partial charge in [0.1, 0.15) is 0 Å². The van der Waals surface area contributed by atoms with Crippen LogP contribution in [0.4, 0.5) is 0 Å². The van der Waals surface area contributed by atoms with Gasteiger partial charge in [0.25, 0.3) is 0 Å². The van der Waals surface area contributed by atoms with Crippen LogP contribution in [0.15, 0.2) is 23.8 Å². The van der Waals surface area contributed by atoms with Crippen LogP contribution >= 0.6 is 0 Å². The molecule has 0 aromatic heterocycles. The van der Waals surface area contributed by atoms with E-state index in [4.69, 9.17) is 15.6 Å². The number of carbonyl (C=O) groups is 2.